The van der Waals surface area contributed by atoms with E-state index in [1.54, 1.807) is 4.90 Å². The van der Waals surface area contributed by atoms with E-state index in [4.69, 9.17) is 0 Å². The summed E-state index contributed by atoms with van der Waals surface area (Å²) >= 11 is 0. The summed E-state index contributed by atoms with van der Waals surface area (Å²) in [5.74, 6) is 0.403. The first kappa shape index (κ1) is 14.4. The van der Waals surface area contributed by atoms with E-state index in [2.05, 4.69) is 18.7 Å². The van der Waals surface area contributed by atoms with Crippen LogP contribution in [0, 0.1) is 23.7 Å². The largest absolute Gasteiger partial charge is 0.278 e. The van der Waals surface area contributed by atoms with Gasteiger partial charge in [0.1, 0.15) is 0 Å². The van der Waals surface area contributed by atoms with Crippen LogP contribution in [-0.2, 0) is 16.0 Å². The van der Waals surface area contributed by atoms with Crippen molar-refractivity contribution in [3.05, 3.63) is 60.7 Å². The molecule has 0 spiro atoms. The van der Waals surface area contributed by atoms with Crippen LogP contribution in [0.25, 0.3) is 0 Å². The summed E-state index contributed by atoms with van der Waals surface area (Å²) in [5, 5.41) is 0. The van der Waals surface area contributed by atoms with Gasteiger partial charge in [-0.25, -0.2) is 0 Å². The molecule has 1 saturated heterocycles. The molecule has 1 saturated carbocycles. The van der Waals surface area contributed by atoms with Crippen LogP contribution < -0.4 is 0 Å². The molecule has 4 rings (SSSR count). The first-order valence-corrected chi connectivity index (χ1v) is 8.40. The summed E-state index contributed by atoms with van der Waals surface area (Å²) in [6.45, 7) is 3.82. The van der Waals surface area contributed by atoms with Gasteiger partial charge in [-0.15, -0.1) is 6.58 Å². The molecule has 3 nitrogen and oxygen atoms in total. The van der Waals surface area contributed by atoms with Crippen LogP contribution in [-0.4, -0.2) is 22.8 Å². The van der Waals surface area contributed by atoms with Crippen molar-refractivity contribution >= 4 is 11.8 Å². The van der Waals surface area contributed by atoms with Gasteiger partial charge in [0.05, 0.1) is 11.8 Å². The smallest absolute Gasteiger partial charge is 0.233 e. The highest BCUT2D eigenvalue weighted by molar-refractivity contribution is 6.06. The van der Waals surface area contributed by atoms with Crippen LogP contribution in [0.2, 0.25) is 0 Å². The van der Waals surface area contributed by atoms with Crippen molar-refractivity contribution in [3.8, 4) is 0 Å². The lowest BCUT2D eigenvalue weighted by molar-refractivity contribution is -0.143. The fourth-order valence-corrected chi connectivity index (χ4v) is 4.64. The SMILES string of the molecule is C=CCC(Cc1ccccc1)N1C(=O)C2C3C=CC(C3)C2C1=O. The van der Waals surface area contributed by atoms with Gasteiger partial charge >= 0.3 is 0 Å². The van der Waals surface area contributed by atoms with E-state index in [0.29, 0.717) is 12.8 Å². The Kier molecular flexibility index (Phi) is 3.44. The maximum absolute atomic E-state index is 12.9. The molecule has 5 unspecified atom stereocenters. The van der Waals surface area contributed by atoms with Gasteiger partial charge in [-0.2, -0.15) is 0 Å². The average molecular weight is 307 g/mol. The predicted molar refractivity (Wildman–Crippen MR) is 88.3 cm³/mol. The molecule has 0 N–H and O–H groups in total. The minimum absolute atomic E-state index is 0.0413. The molecule has 0 aromatic heterocycles. The molecule has 3 heteroatoms. The summed E-state index contributed by atoms with van der Waals surface area (Å²) in [6.07, 6.45) is 8.42. The number of hydrogen-bond acceptors (Lipinski definition) is 2. The highest BCUT2D eigenvalue weighted by atomic mass is 16.2. The Balaban J connectivity index is 1.61. The Morgan fingerprint density at radius 1 is 1.09 bits per heavy atom. The number of nitrogens with zero attached hydrogens (tertiary/aromatic N) is 1. The molecular formula is C20H21NO2. The summed E-state index contributed by atoms with van der Waals surface area (Å²) in [7, 11) is 0. The molecule has 1 aromatic carbocycles. The first-order valence-electron chi connectivity index (χ1n) is 8.40. The molecule has 1 heterocycles. The average Bonchev–Trinajstić information content (AvgIpc) is 3.22. The molecule has 2 aliphatic carbocycles. The zero-order valence-electron chi connectivity index (χ0n) is 13.1. The Hall–Kier alpha value is -2.16. The fraction of sp³-hybridized carbons (Fsp3) is 0.400. The number of imide groups is 1. The summed E-state index contributed by atoms with van der Waals surface area (Å²) in [4.78, 5) is 27.4. The Bertz CT molecular complexity index is 648. The monoisotopic (exact) mass is 307 g/mol. The number of carbonyl (C=O) groups is 2. The first-order chi connectivity index (χ1) is 11.2. The van der Waals surface area contributed by atoms with Crippen LogP contribution in [0.3, 0.4) is 0 Å². The van der Waals surface area contributed by atoms with Crippen molar-refractivity contribution in [1.29, 1.82) is 0 Å². The van der Waals surface area contributed by atoms with E-state index in [9.17, 15) is 9.59 Å². The van der Waals surface area contributed by atoms with Crippen molar-refractivity contribution in [3.63, 3.8) is 0 Å². The number of fused-ring (bicyclic) bond motifs is 5. The maximum Gasteiger partial charge on any atom is 0.233 e. The molecule has 1 aromatic rings. The van der Waals surface area contributed by atoms with E-state index >= 15 is 0 Å². The third-order valence-corrected chi connectivity index (χ3v) is 5.62. The van der Waals surface area contributed by atoms with Gasteiger partial charge in [0, 0.05) is 6.04 Å². The maximum atomic E-state index is 12.9. The number of hydrogen-bond donors (Lipinski definition) is 0. The number of likely N-dealkylation sites (tertiary alicyclic amines) is 1. The van der Waals surface area contributed by atoms with Crippen LogP contribution in [0.1, 0.15) is 18.4 Å². The normalized spacial score (nSPS) is 32.4. The van der Waals surface area contributed by atoms with Gasteiger partial charge in [0.25, 0.3) is 0 Å². The molecule has 118 valence electrons. The number of carbonyl (C=O) groups excluding carboxylic acids is 2. The highest BCUT2D eigenvalue weighted by Gasteiger charge is 2.60. The molecular weight excluding hydrogens is 286 g/mol. The predicted octanol–water partition coefficient (Wildman–Crippen LogP) is 2.98. The van der Waals surface area contributed by atoms with Gasteiger partial charge in [-0.3, -0.25) is 14.5 Å². The number of rotatable bonds is 5. The lowest BCUT2D eigenvalue weighted by atomic mass is 9.85. The van der Waals surface area contributed by atoms with Gasteiger partial charge < -0.3 is 0 Å². The lowest BCUT2D eigenvalue weighted by Crippen LogP contribution is -2.42. The van der Waals surface area contributed by atoms with Crippen LogP contribution >= 0.6 is 0 Å². The van der Waals surface area contributed by atoms with Crippen LogP contribution in [0.4, 0.5) is 0 Å². The number of benzene rings is 1. The second kappa shape index (κ2) is 5.48. The minimum Gasteiger partial charge on any atom is -0.278 e. The number of allylic oxidation sites excluding steroid dienone is 2. The lowest BCUT2D eigenvalue weighted by Gasteiger charge is -2.27. The fourth-order valence-electron chi connectivity index (χ4n) is 4.64. The van der Waals surface area contributed by atoms with E-state index < -0.39 is 0 Å². The molecule has 23 heavy (non-hydrogen) atoms. The highest BCUT2D eigenvalue weighted by Crippen LogP contribution is 2.53. The molecule has 2 amide bonds. The van der Waals surface area contributed by atoms with Crippen molar-refractivity contribution < 1.29 is 9.59 Å². The van der Waals surface area contributed by atoms with Gasteiger partial charge in [0.2, 0.25) is 11.8 Å². The van der Waals surface area contributed by atoms with Crippen molar-refractivity contribution in [1.82, 2.24) is 4.90 Å². The summed E-state index contributed by atoms with van der Waals surface area (Å²) in [5.41, 5.74) is 1.15. The second-order valence-corrected chi connectivity index (χ2v) is 6.91. The van der Waals surface area contributed by atoms with Crippen molar-refractivity contribution in [2.75, 3.05) is 0 Å². The van der Waals surface area contributed by atoms with Crippen LogP contribution in [0.5, 0.6) is 0 Å². The Morgan fingerprint density at radius 2 is 1.70 bits per heavy atom. The second-order valence-electron chi connectivity index (χ2n) is 6.91. The molecule has 3 aliphatic rings. The summed E-state index contributed by atoms with van der Waals surface area (Å²) < 4.78 is 0. The molecule has 2 bridgehead atoms. The Morgan fingerprint density at radius 3 is 2.26 bits per heavy atom. The van der Waals surface area contributed by atoms with E-state index in [-0.39, 0.29) is 41.5 Å². The quantitative estimate of drug-likeness (QED) is 0.619. The van der Waals surface area contributed by atoms with Gasteiger partial charge in [0.15, 0.2) is 0 Å². The molecule has 0 radical (unpaired) electrons. The summed E-state index contributed by atoms with van der Waals surface area (Å²) in [6, 6.07) is 9.95. The Labute approximate surface area is 136 Å². The van der Waals surface area contributed by atoms with Crippen molar-refractivity contribution in [2.24, 2.45) is 23.7 Å². The van der Waals surface area contributed by atoms with Crippen molar-refractivity contribution in [2.45, 2.75) is 25.3 Å². The molecule has 1 aliphatic heterocycles. The van der Waals surface area contributed by atoms with E-state index in [1.807, 2.05) is 36.4 Å². The van der Waals surface area contributed by atoms with E-state index in [0.717, 1.165) is 12.0 Å². The van der Waals surface area contributed by atoms with E-state index in [1.165, 1.54) is 0 Å². The minimum atomic E-state index is -0.111. The standard InChI is InChI=1S/C20H21NO2/c1-2-6-16(11-13-7-4-3-5-8-13)21-19(22)17-14-9-10-15(12-14)18(17)20(21)23/h2-5,7-10,14-18H,1,6,11-12H2. The third kappa shape index (κ3) is 2.18. The van der Waals surface area contributed by atoms with Gasteiger partial charge in [-0.1, -0.05) is 48.6 Å². The number of amides is 2. The zero-order chi connectivity index (χ0) is 16.0. The third-order valence-electron chi connectivity index (χ3n) is 5.62. The molecule has 2 fully saturated rings. The topological polar surface area (TPSA) is 37.4 Å². The van der Waals surface area contributed by atoms with Crippen LogP contribution in [0.15, 0.2) is 55.1 Å². The van der Waals surface area contributed by atoms with Gasteiger partial charge in [-0.05, 0) is 36.7 Å². The molecule has 5 atom stereocenters. The zero-order valence-corrected chi connectivity index (χ0v) is 13.1.